The molecule has 0 unspecified atom stereocenters. The molecule has 0 saturated heterocycles. The second-order valence-corrected chi connectivity index (χ2v) is 8.63. The Labute approximate surface area is 307 Å². The Bertz CT molecular complexity index is 1650. The molecule has 0 aliphatic heterocycles. The summed E-state index contributed by atoms with van der Waals surface area (Å²) in [5, 5.41) is 16.2. The third-order valence-electron chi connectivity index (χ3n) is 5.46. The van der Waals surface area contributed by atoms with Gasteiger partial charge in [-0.05, 0) is 18.2 Å². The predicted molar refractivity (Wildman–Crippen MR) is 179 cm³/mol. The largest absolute Gasteiger partial charge is 0.515 e. The van der Waals surface area contributed by atoms with Crippen molar-refractivity contribution >= 4 is 65.0 Å². The van der Waals surface area contributed by atoms with Crippen LogP contribution in [0.5, 0.6) is 0 Å². The van der Waals surface area contributed by atoms with Crippen LogP contribution in [-0.2, 0) is 58.8 Å². The first-order valence-electron chi connectivity index (χ1n) is 13.9. The highest BCUT2D eigenvalue weighted by molar-refractivity contribution is 6.34. The molecule has 3 rings (SSSR count). The third kappa shape index (κ3) is 16.2. The number of halogens is 1. The summed E-state index contributed by atoms with van der Waals surface area (Å²) in [5.74, 6) is -3.63. The Morgan fingerprint density at radius 3 is 1.43 bits per heavy atom. The molecule has 0 amide bonds. The van der Waals surface area contributed by atoms with Gasteiger partial charge >= 0.3 is 35.8 Å². The third-order valence-corrected chi connectivity index (χ3v) is 5.68. The number of hydrogen-bond donors (Lipinski definition) is 1. The summed E-state index contributed by atoms with van der Waals surface area (Å²) in [6.45, 7) is 1.81. The van der Waals surface area contributed by atoms with Crippen LogP contribution in [-0.4, -0.2) is 97.2 Å². The molecule has 3 heterocycles. The average Bonchev–Trinajstić information content (AvgIpc) is 3.97. The van der Waals surface area contributed by atoms with E-state index in [0.717, 1.165) is 12.6 Å². The maximum atomic E-state index is 11.3. The molecular formula is C33H36ClNO18. The number of carbonyl (C=O) groups excluding carboxylic acids is 7. The van der Waals surface area contributed by atoms with Crippen molar-refractivity contribution in [2.45, 2.75) is 13.3 Å². The summed E-state index contributed by atoms with van der Waals surface area (Å²) < 4.78 is 45.6. The van der Waals surface area contributed by atoms with E-state index < -0.39 is 35.8 Å². The number of rotatable bonds is 10. The van der Waals surface area contributed by atoms with Crippen molar-refractivity contribution in [3.8, 4) is 6.07 Å². The lowest BCUT2D eigenvalue weighted by Crippen LogP contribution is -2.09. The molecule has 0 saturated carbocycles. The standard InChI is InChI=1S/C10H9ClO5.C10H10O6.C9H10O5.C2H3N.C2H4O2/c2*1-14-9(12)6-3-4-16-8(6)7(5-11)10(13)15-2;1-12-8(10)5-7-6(3-4-14-7)9(11)13-2;1-2-3;1-4-2-3/h3-5H,1-2H3;3-5,11H,1-2H3;3-4H,5H2,1-2H3;1H3;2H,1H3/b;7-5-;;;. The van der Waals surface area contributed by atoms with Gasteiger partial charge < -0.3 is 51.5 Å². The SMILES string of the molecule is CC#N.COC(=O)/C(=C\O)c1occc1C(=O)OC.COC(=O)C(=CCl)c1occc1C(=O)OC.COC(=O)Cc1occc1C(=O)OC.COC=O. The fraction of sp³-hybridized carbons (Fsp3) is 0.273. The molecule has 0 spiro atoms. The van der Waals surface area contributed by atoms with Gasteiger partial charge in [0.25, 0.3) is 6.47 Å². The molecule has 0 aliphatic rings. The number of aliphatic hydroxyl groups is 1. The molecule has 3 aromatic rings. The van der Waals surface area contributed by atoms with E-state index >= 15 is 0 Å². The first-order valence-corrected chi connectivity index (χ1v) is 14.4. The molecule has 0 atom stereocenters. The summed E-state index contributed by atoms with van der Waals surface area (Å²) in [7, 11) is 8.60. The normalized spacial score (nSPS) is 9.74. The van der Waals surface area contributed by atoms with Crippen LogP contribution in [0.2, 0.25) is 0 Å². The molecule has 3 aromatic heterocycles. The summed E-state index contributed by atoms with van der Waals surface area (Å²) in [6, 6.07) is 5.90. The van der Waals surface area contributed by atoms with Gasteiger partial charge in [0, 0.05) is 12.5 Å². The smallest absolute Gasteiger partial charge is 0.344 e. The molecule has 0 aromatic carbocycles. The number of aliphatic hydroxyl groups excluding tert-OH is 1. The average molecular weight is 770 g/mol. The molecule has 0 aliphatic carbocycles. The zero-order valence-corrected chi connectivity index (χ0v) is 30.4. The van der Waals surface area contributed by atoms with Crippen molar-refractivity contribution in [1.29, 1.82) is 5.26 Å². The highest BCUT2D eigenvalue weighted by Crippen LogP contribution is 2.24. The van der Waals surface area contributed by atoms with E-state index in [4.69, 9.17) is 40.0 Å². The minimum absolute atomic E-state index is 0.0219. The van der Waals surface area contributed by atoms with Gasteiger partial charge in [-0.1, -0.05) is 11.6 Å². The zero-order chi connectivity index (χ0) is 40.9. The summed E-state index contributed by atoms with van der Waals surface area (Å²) in [6.07, 6.45) is 4.22. The number of furan rings is 3. The number of esters is 6. The Morgan fingerprint density at radius 1 is 0.698 bits per heavy atom. The van der Waals surface area contributed by atoms with Gasteiger partial charge in [-0.3, -0.25) is 9.59 Å². The minimum atomic E-state index is -0.817. The van der Waals surface area contributed by atoms with E-state index in [1.807, 2.05) is 0 Å². The van der Waals surface area contributed by atoms with Crippen molar-refractivity contribution in [2.24, 2.45) is 0 Å². The van der Waals surface area contributed by atoms with Crippen LogP contribution < -0.4 is 0 Å². The van der Waals surface area contributed by atoms with E-state index in [0.29, 0.717) is 12.7 Å². The van der Waals surface area contributed by atoms with Crippen molar-refractivity contribution < 1.29 is 85.1 Å². The van der Waals surface area contributed by atoms with Gasteiger partial charge in [0.2, 0.25) is 0 Å². The van der Waals surface area contributed by atoms with Crippen LogP contribution in [0, 0.1) is 11.3 Å². The number of nitriles is 1. The number of methoxy groups -OCH3 is 7. The topological polar surface area (TPSA) is 268 Å². The lowest BCUT2D eigenvalue weighted by molar-refractivity contribution is -0.140. The lowest BCUT2D eigenvalue weighted by Gasteiger charge is -2.03. The summed E-state index contributed by atoms with van der Waals surface area (Å²) in [5.41, 5.74) is 1.07. The van der Waals surface area contributed by atoms with Crippen molar-refractivity contribution in [2.75, 3.05) is 49.8 Å². The number of nitrogens with zero attached hydrogens (tertiary/aromatic N) is 1. The summed E-state index contributed by atoms with van der Waals surface area (Å²) >= 11 is 5.48. The molecule has 1 N–H and O–H groups in total. The van der Waals surface area contributed by atoms with E-state index in [-0.39, 0.29) is 51.5 Å². The van der Waals surface area contributed by atoms with Crippen LogP contribution in [0.4, 0.5) is 0 Å². The zero-order valence-electron chi connectivity index (χ0n) is 29.6. The van der Waals surface area contributed by atoms with Crippen LogP contribution >= 0.6 is 11.6 Å². The molecule has 20 heteroatoms. The van der Waals surface area contributed by atoms with Gasteiger partial charge in [-0.25, -0.2) is 24.0 Å². The first-order chi connectivity index (χ1) is 25.3. The van der Waals surface area contributed by atoms with Crippen LogP contribution in [0.15, 0.2) is 62.0 Å². The van der Waals surface area contributed by atoms with Crippen LogP contribution in [0.25, 0.3) is 11.1 Å². The van der Waals surface area contributed by atoms with Gasteiger partial charge in [0.15, 0.2) is 11.5 Å². The second-order valence-electron chi connectivity index (χ2n) is 8.42. The van der Waals surface area contributed by atoms with E-state index in [9.17, 15) is 28.8 Å². The molecule has 0 radical (unpaired) electrons. The Hall–Kier alpha value is -6.81. The van der Waals surface area contributed by atoms with Gasteiger partial charge in [-0.2, -0.15) is 5.26 Å². The van der Waals surface area contributed by atoms with E-state index in [1.54, 1.807) is 6.07 Å². The first kappa shape index (κ1) is 48.3. The molecule has 0 bridgehead atoms. The molecule has 53 heavy (non-hydrogen) atoms. The quantitative estimate of drug-likeness (QED) is 0.100. The van der Waals surface area contributed by atoms with Crippen LogP contribution in [0.1, 0.15) is 55.3 Å². The van der Waals surface area contributed by atoms with Crippen molar-refractivity contribution in [1.82, 2.24) is 0 Å². The summed E-state index contributed by atoms with van der Waals surface area (Å²) in [4.78, 5) is 76.2. The van der Waals surface area contributed by atoms with Gasteiger partial charge in [-0.15, -0.1) is 0 Å². The number of hydrogen-bond acceptors (Lipinski definition) is 19. The van der Waals surface area contributed by atoms with Crippen molar-refractivity contribution in [3.63, 3.8) is 0 Å². The highest BCUT2D eigenvalue weighted by Gasteiger charge is 2.25. The Balaban J connectivity index is 0. The van der Waals surface area contributed by atoms with E-state index in [1.165, 1.54) is 86.6 Å². The van der Waals surface area contributed by atoms with Gasteiger partial charge in [0.05, 0.1) is 80.9 Å². The molecule has 288 valence electrons. The van der Waals surface area contributed by atoms with E-state index in [2.05, 4.69) is 33.2 Å². The van der Waals surface area contributed by atoms with Crippen LogP contribution in [0.3, 0.4) is 0 Å². The molecule has 19 nitrogen and oxygen atoms in total. The fourth-order valence-corrected chi connectivity index (χ4v) is 3.35. The highest BCUT2D eigenvalue weighted by atomic mass is 35.5. The fourth-order valence-electron chi connectivity index (χ4n) is 3.16. The lowest BCUT2D eigenvalue weighted by atomic mass is 10.1. The monoisotopic (exact) mass is 769 g/mol. The maximum Gasteiger partial charge on any atom is 0.344 e. The molecular weight excluding hydrogens is 734 g/mol. The number of ether oxygens (including phenoxy) is 7. The predicted octanol–water partition coefficient (Wildman–Crippen LogP) is 4.06. The Kier molecular flexibility index (Phi) is 25.5. The molecule has 0 fully saturated rings. The Morgan fingerprint density at radius 2 is 1.08 bits per heavy atom. The van der Waals surface area contributed by atoms with Crippen molar-refractivity contribution in [3.05, 3.63) is 82.8 Å². The maximum absolute atomic E-state index is 11.3. The number of carbonyl (C=O) groups is 7. The second kappa shape index (κ2) is 27.9. The van der Waals surface area contributed by atoms with Gasteiger partial charge in [0.1, 0.15) is 40.0 Å². The minimum Gasteiger partial charge on any atom is -0.515 e.